The fourth-order valence-corrected chi connectivity index (χ4v) is 1.83. The van der Waals surface area contributed by atoms with Gasteiger partial charge in [0.1, 0.15) is 12.4 Å². The zero-order valence-corrected chi connectivity index (χ0v) is 11.4. The molecule has 2 rings (SSSR count). The Morgan fingerprint density at radius 3 is 2.90 bits per heavy atom. The molecule has 0 radical (unpaired) electrons. The summed E-state index contributed by atoms with van der Waals surface area (Å²) in [7, 11) is 0. The van der Waals surface area contributed by atoms with Gasteiger partial charge >= 0.3 is 5.97 Å². The molecule has 2 aromatic rings. The van der Waals surface area contributed by atoms with Gasteiger partial charge in [0.2, 0.25) is 0 Å². The number of hydrogen-bond acceptors (Lipinski definition) is 4. The maximum Gasteiger partial charge on any atom is 0.341 e. The maximum atomic E-state index is 13.8. The van der Waals surface area contributed by atoms with Gasteiger partial charge in [-0.25, -0.2) is 9.18 Å². The quantitative estimate of drug-likeness (QED) is 0.687. The van der Waals surface area contributed by atoms with Crippen LogP contribution < -0.4 is 5.73 Å². The predicted molar refractivity (Wildman–Crippen MR) is 72.6 cm³/mol. The predicted octanol–water partition coefficient (Wildman–Crippen LogP) is 2.29. The number of anilines is 1. The molecular weight excluding hydrogens is 261 g/mol. The van der Waals surface area contributed by atoms with Crippen molar-refractivity contribution in [3.63, 3.8) is 0 Å². The number of aryl methyl sites for hydroxylation is 2. The molecule has 2 N–H and O–H groups in total. The van der Waals surface area contributed by atoms with E-state index in [0.29, 0.717) is 11.3 Å². The second kappa shape index (κ2) is 5.73. The van der Waals surface area contributed by atoms with E-state index in [1.54, 1.807) is 24.0 Å². The Labute approximate surface area is 116 Å². The van der Waals surface area contributed by atoms with Crippen LogP contribution in [0.25, 0.3) is 0 Å². The Kier molecular flexibility index (Phi) is 4.02. The zero-order valence-electron chi connectivity index (χ0n) is 11.4. The molecule has 0 aliphatic heterocycles. The van der Waals surface area contributed by atoms with Gasteiger partial charge in [-0.1, -0.05) is 0 Å². The van der Waals surface area contributed by atoms with E-state index in [1.165, 1.54) is 12.1 Å². The molecule has 1 aromatic heterocycles. The van der Waals surface area contributed by atoms with Crippen molar-refractivity contribution in [2.24, 2.45) is 0 Å². The first kappa shape index (κ1) is 14.0. The van der Waals surface area contributed by atoms with Crippen molar-refractivity contribution in [2.45, 2.75) is 27.0 Å². The molecule has 0 unspecified atom stereocenters. The van der Waals surface area contributed by atoms with E-state index in [1.807, 2.05) is 6.92 Å². The largest absolute Gasteiger partial charge is 0.457 e. The molecule has 0 amide bonds. The molecule has 6 heteroatoms. The van der Waals surface area contributed by atoms with Crippen molar-refractivity contribution in [3.05, 3.63) is 47.0 Å². The van der Waals surface area contributed by atoms with Gasteiger partial charge in [0.15, 0.2) is 0 Å². The lowest BCUT2D eigenvalue weighted by atomic mass is 10.1. The van der Waals surface area contributed by atoms with Gasteiger partial charge in [-0.15, -0.1) is 0 Å². The van der Waals surface area contributed by atoms with Crippen molar-refractivity contribution in [3.8, 4) is 0 Å². The lowest BCUT2D eigenvalue weighted by Crippen LogP contribution is -2.09. The Morgan fingerprint density at radius 2 is 2.25 bits per heavy atom. The summed E-state index contributed by atoms with van der Waals surface area (Å²) in [4.78, 5) is 11.9. The summed E-state index contributed by atoms with van der Waals surface area (Å²) in [5, 5.41) is 4.06. The zero-order chi connectivity index (χ0) is 14.7. The first-order valence-corrected chi connectivity index (χ1v) is 6.25. The van der Waals surface area contributed by atoms with Crippen molar-refractivity contribution in [1.82, 2.24) is 9.78 Å². The highest BCUT2D eigenvalue weighted by Crippen LogP contribution is 2.18. The van der Waals surface area contributed by atoms with E-state index in [9.17, 15) is 9.18 Å². The van der Waals surface area contributed by atoms with Gasteiger partial charge in [0.05, 0.1) is 11.8 Å². The minimum atomic E-state index is -0.734. The molecule has 0 atom stereocenters. The third-order valence-corrected chi connectivity index (χ3v) is 2.88. The van der Waals surface area contributed by atoms with E-state index in [0.717, 1.165) is 12.1 Å². The average Bonchev–Trinajstić information content (AvgIpc) is 2.88. The van der Waals surface area contributed by atoms with Crippen LogP contribution in [0.5, 0.6) is 0 Å². The molecular formula is C14H16FN3O2. The molecule has 0 saturated heterocycles. The minimum Gasteiger partial charge on any atom is -0.457 e. The summed E-state index contributed by atoms with van der Waals surface area (Å²) in [6, 6.07) is 2.75. The molecule has 20 heavy (non-hydrogen) atoms. The number of nitrogens with two attached hydrogens (primary N) is 1. The molecule has 0 spiro atoms. The summed E-state index contributed by atoms with van der Waals surface area (Å²) in [6.45, 7) is 4.28. The molecule has 106 valence electrons. The third-order valence-electron chi connectivity index (χ3n) is 2.88. The number of hydrogen-bond donors (Lipinski definition) is 1. The summed E-state index contributed by atoms with van der Waals surface area (Å²) in [5.41, 5.74) is 6.85. The van der Waals surface area contributed by atoms with E-state index < -0.39 is 11.8 Å². The number of nitrogens with zero attached hydrogens (tertiary/aromatic N) is 2. The summed E-state index contributed by atoms with van der Waals surface area (Å²) in [6.07, 6.45) is 3.38. The van der Waals surface area contributed by atoms with Crippen LogP contribution in [0.3, 0.4) is 0 Å². The Morgan fingerprint density at radius 1 is 1.50 bits per heavy atom. The van der Waals surface area contributed by atoms with Crippen molar-refractivity contribution in [2.75, 3.05) is 5.73 Å². The summed E-state index contributed by atoms with van der Waals surface area (Å²) < 4.78 is 20.6. The third kappa shape index (κ3) is 2.96. The average molecular weight is 277 g/mol. The number of benzene rings is 1. The fourth-order valence-electron chi connectivity index (χ4n) is 1.83. The fraction of sp³-hybridized carbons (Fsp3) is 0.286. The van der Waals surface area contributed by atoms with Gasteiger partial charge in [-0.05, 0) is 31.5 Å². The Hall–Kier alpha value is -2.37. The SMILES string of the molecule is CCn1cc(COC(=O)c2cc(N)cc(C)c2F)cn1. The van der Waals surface area contributed by atoms with Crippen molar-refractivity contribution >= 4 is 11.7 Å². The molecule has 1 heterocycles. The summed E-state index contributed by atoms with van der Waals surface area (Å²) >= 11 is 0. The van der Waals surface area contributed by atoms with Gasteiger partial charge in [0, 0.05) is 24.0 Å². The molecule has 0 aliphatic carbocycles. The molecule has 0 bridgehead atoms. The molecule has 0 aliphatic rings. The van der Waals surface area contributed by atoms with Crippen LogP contribution in [0.15, 0.2) is 24.5 Å². The smallest absolute Gasteiger partial charge is 0.341 e. The van der Waals surface area contributed by atoms with Gasteiger partial charge < -0.3 is 10.5 Å². The number of nitrogen functional groups attached to an aromatic ring is 1. The second-order valence-corrected chi connectivity index (χ2v) is 4.48. The van der Waals surface area contributed by atoms with Crippen LogP contribution in [0.2, 0.25) is 0 Å². The van der Waals surface area contributed by atoms with Crippen LogP contribution in [0.4, 0.5) is 10.1 Å². The standard InChI is InChI=1S/C14H16FN3O2/c1-3-18-7-10(6-17-18)8-20-14(19)12-5-11(16)4-9(2)13(12)15/h4-7H,3,8,16H2,1-2H3. The number of ether oxygens (including phenoxy) is 1. The highest BCUT2D eigenvalue weighted by atomic mass is 19.1. The van der Waals surface area contributed by atoms with E-state index >= 15 is 0 Å². The van der Waals surface area contributed by atoms with Crippen LogP contribution in [-0.4, -0.2) is 15.7 Å². The van der Waals surface area contributed by atoms with E-state index in [-0.39, 0.29) is 12.2 Å². The maximum absolute atomic E-state index is 13.8. The minimum absolute atomic E-state index is 0.0477. The van der Waals surface area contributed by atoms with Crippen LogP contribution in [0, 0.1) is 12.7 Å². The van der Waals surface area contributed by atoms with Crippen LogP contribution in [-0.2, 0) is 17.9 Å². The first-order chi connectivity index (χ1) is 9.51. The van der Waals surface area contributed by atoms with Crippen LogP contribution >= 0.6 is 0 Å². The molecule has 1 aromatic carbocycles. The number of esters is 1. The normalized spacial score (nSPS) is 10.6. The first-order valence-electron chi connectivity index (χ1n) is 6.25. The lowest BCUT2D eigenvalue weighted by molar-refractivity contribution is 0.0467. The van der Waals surface area contributed by atoms with Gasteiger partial charge in [0.25, 0.3) is 0 Å². The monoisotopic (exact) mass is 277 g/mol. The number of carbonyl (C=O) groups is 1. The highest BCUT2D eigenvalue weighted by molar-refractivity contribution is 5.91. The van der Waals surface area contributed by atoms with Crippen molar-refractivity contribution in [1.29, 1.82) is 0 Å². The van der Waals surface area contributed by atoms with E-state index in [2.05, 4.69) is 5.10 Å². The number of halogens is 1. The van der Waals surface area contributed by atoms with E-state index in [4.69, 9.17) is 10.5 Å². The number of carbonyl (C=O) groups excluding carboxylic acids is 1. The molecule has 5 nitrogen and oxygen atoms in total. The molecule has 0 fully saturated rings. The van der Waals surface area contributed by atoms with Gasteiger partial charge in [-0.3, -0.25) is 4.68 Å². The Bertz CT molecular complexity index is 637. The lowest BCUT2D eigenvalue weighted by Gasteiger charge is -2.07. The van der Waals surface area contributed by atoms with Crippen LogP contribution in [0.1, 0.15) is 28.4 Å². The number of rotatable bonds is 4. The number of aromatic nitrogens is 2. The van der Waals surface area contributed by atoms with Crippen molar-refractivity contribution < 1.29 is 13.9 Å². The van der Waals surface area contributed by atoms with Gasteiger partial charge in [-0.2, -0.15) is 5.10 Å². The Balaban J connectivity index is 2.09. The topological polar surface area (TPSA) is 70.1 Å². The molecule has 0 saturated carbocycles. The highest BCUT2D eigenvalue weighted by Gasteiger charge is 2.16. The second-order valence-electron chi connectivity index (χ2n) is 4.48. The summed E-state index contributed by atoms with van der Waals surface area (Å²) in [5.74, 6) is -1.34.